The van der Waals surface area contributed by atoms with Crippen LogP contribution in [0.1, 0.15) is 28.7 Å². The molecule has 0 spiro atoms. The first-order valence-electron chi connectivity index (χ1n) is 10.3. The van der Waals surface area contributed by atoms with Crippen LogP contribution in [-0.4, -0.2) is 46.8 Å². The number of primary amides is 1. The van der Waals surface area contributed by atoms with E-state index in [0.717, 1.165) is 11.1 Å². The van der Waals surface area contributed by atoms with Gasteiger partial charge in [0.1, 0.15) is 6.10 Å². The minimum atomic E-state index is -0.937. The number of cyclic esters (lactones) is 1. The molecule has 2 aliphatic heterocycles. The number of carbonyl (C=O) groups is 2. The number of rotatable bonds is 5. The van der Waals surface area contributed by atoms with Gasteiger partial charge in [-0.3, -0.25) is 4.79 Å². The molecule has 2 aromatic rings. The molecular formula is C23H23NO9. The minimum absolute atomic E-state index is 0.0727. The summed E-state index contributed by atoms with van der Waals surface area (Å²) in [5.74, 6) is 0.474. The van der Waals surface area contributed by atoms with Crippen LogP contribution in [-0.2, 0) is 14.3 Å². The molecule has 0 unspecified atom stereocenters. The summed E-state index contributed by atoms with van der Waals surface area (Å²) in [7, 11) is 4.57. The van der Waals surface area contributed by atoms with Gasteiger partial charge in [0.05, 0.1) is 33.9 Å². The van der Waals surface area contributed by atoms with Crippen molar-refractivity contribution in [1.82, 2.24) is 0 Å². The molecule has 2 heterocycles. The van der Waals surface area contributed by atoms with Crippen LogP contribution in [0.15, 0.2) is 24.3 Å². The molecule has 0 bridgehead atoms. The largest absolute Gasteiger partial charge is 0.493 e. The highest BCUT2D eigenvalue weighted by molar-refractivity contribution is 5.79. The van der Waals surface area contributed by atoms with Crippen LogP contribution >= 0.6 is 0 Å². The van der Waals surface area contributed by atoms with Crippen LogP contribution in [0.2, 0.25) is 0 Å². The lowest BCUT2D eigenvalue weighted by Crippen LogP contribution is -2.37. The van der Waals surface area contributed by atoms with E-state index in [4.69, 9.17) is 38.9 Å². The summed E-state index contributed by atoms with van der Waals surface area (Å²) < 4.78 is 38.6. The molecular weight excluding hydrogens is 434 g/mol. The van der Waals surface area contributed by atoms with Gasteiger partial charge in [-0.1, -0.05) is 0 Å². The normalized spacial score (nSPS) is 24.4. The molecule has 10 nitrogen and oxygen atoms in total. The van der Waals surface area contributed by atoms with Crippen molar-refractivity contribution in [2.45, 2.75) is 12.0 Å². The topological polar surface area (TPSA) is 125 Å². The molecule has 33 heavy (non-hydrogen) atoms. The van der Waals surface area contributed by atoms with Crippen LogP contribution in [0.5, 0.6) is 28.7 Å². The molecule has 174 valence electrons. The lowest BCUT2D eigenvalue weighted by molar-refractivity contribution is -0.141. The Hall–Kier alpha value is -3.82. The fourth-order valence-electron chi connectivity index (χ4n) is 5.07. The molecule has 4 atom stereocenters. The van der Waals surface area contributed by atoms with Crippen LogP contribution < -0.4 is 29.4 Å². The van der Waals surface area contributed by atoms with Gasteiger partial charge in [0.2, 0.25) is 12.5 Å². The van der Waals surface area contributed by atoms with Crippen molar-refractivity contribution in [2.75, 3.05) is 34.7 Å². The van der Waals surface area contributed by atoms with Gasteiger partial charge in [0.25, 0.3) is 0 Å². The SMILES string of the molecule is COc1cc([C@@H]2c3cc4c(cc3[C@H](OC(N)=O)[C@H]3COC(=O)[C@H]23)OCO4)cc(OC)c1OC. The molecule has 1 aliphatic carbocycles. The van der Waals surface area contributed by atoms with E-state index < -0.39 is 30.0 Å². The van der Waals surface area contributed by atoms with Gasteiger partial charge in [-0.2, -0.15) is 0 Å². The summed E-state index contributed by atoms with van der Waals surface area (Å²) in [5, 5.41) is 0. The van der Waals surface area contributed by atoms with E-state index in [9.17, 15) is 9.59 Å². The molecule has 0 saturated carbocycles. The Kier molecular flexibility index (Phi) is 5.07. The number of amides is 1. The Balaban J connectivity index is 1.75. The second kappa shape index (κ2) is 7.95. The van der Waals surface area contributed by atoms with Crippen molar-refractivity contribution >= 4 is 12.1 Å². The van der Waals surface area contributed by atoms with Gasteiger partial charge in [-0.25, -0.2) is 4.79 Å². The Morgan fingerprint density at radius 2 is 1.58 bits per heavy atom. The molecule has 1 amide bonds. The van der Waals surface area contributed by atoms with E-state index in [2.05, 4.69) is 0 Å². The predicted molar refractivity (Wildman–Crippen MR) is 112 cm³/mol. The second-order valence-electron chi connectivity index (χ2n) is 7.95. The fraction of sp³-hybridized carbons (Fsp3) is 0.391. The number of hydrogen-bond acceptors (Lipinski definition) is 9. The standard InChI is InChI=1S/C23H23NO9/c1-27-16-4-10(5-17(28-2)21(16)29-3)18-11-6-14-15(32-9-31-14)7-12(11)20(33-23(24)26)13-8-30-22(25)19(13)18/h4-7,13,18-20H,8-9H2,1-3H3,(H2,24,26)/t13-,18+,19-,20-/m0/s1. The van der Waals surface area contributed by atoms with Crippen molar-refractivity contribution in [3.8, 4) is 28.7 Å². The zero-order valence-corrected chi connectivity index (χ0v) is 18.3. The molecule has 1 saturated heterocycles. The van der Waals surface area contributed by atoms with Gasteiger partial charge in [-0.15, -0.1) is 0 Å². The van der Waals surface area contributed by atoms with Gasteiger partial charge in [0.15, 0.2) is 23.0 Å². The summed E-state index contributed by atoms with van der Waals surface area (Å²) in [5.41, 5.74) is 7.53. The highest BCUT2D eigenvalue weighted by Gasteiger charge is 2.54. The van der Waals surface area contributed by atoms with Crippen LogP contribution in [0.4, 0.5) is 4.79 Å². The maximum Gasteiger partial charge on any atom is 0.405 e. The van der Waals surface area contributed by atoms with E-state index in [1.54, 1.807) is 18.2 Å². The van der Waals surface area contributed by atoms with E-state index >= 15 is 0 Å². The summed E-state index contributed by atoms with van der Waals surface area (Å²) in [4.78, 5) is 24.7. The zero-order valence-electron chi connectivity index (χ0n) is 18.3. The Morgan fingerprint density at radius 3 is 2.15 bits per heavy atom. The number of ether oxygens (including phenoxy) is 7. The summed E-state index contributed by atoms with van der Waals surface area (Å²) >= 11 is 0. The number of hydrogen-bond donors (Lipinski definition) is 1. The minimum Gasteiger partial charge on any atom is -0.493 e. The molecule has 2 aromatic carbocycles. The van der Waals surface area contributed by atoms with Crippen molar-refractivity contribution in [1.29, 1.82) is 0 Å². The second-order valence-corrected chi connectivity index (χ2v) is 7.95. The number of nitrogens with two attached hydrogens (primary N) is 1. The highest BCUT2D eigenvalue weighted by Crippen LogP contribution is 2.56. The average Bonchev–Trinajstić information content (AvgIpc) is 3.43. The van der Waals surface area contributed by atoms with Gasteiger partial charge in [-0.05, 0) is 35.4 Å². The molecule has 10 heteroatoms. The third kappa shape index (κ3) is 3.24. The maximum absolute atomic E-state index is 13.0. The smallest absolute Gasteiger partial charge is 0.405 e. The molecule has 3 aliphatic rings. The monoisotopic (exact) mass is 457 g/mol. The number of fused-ring (bicyclic) bond motifs is 3. The van der Waals surface area contributed by atoms with E-state index in [0.29, 0.717) is 34.3 Å². The van der Waals surface area contributed by atoms with Crippen LogP contribution in [0.25, 0.3) is 0 Å². The Bertz CT molecular complexity index is 1110. The molecule has 1 fully saturated rings. The predicted octanol–water partition coefficient (Wildman–Crippen LogP) is 2.51. The Labute approximate surface area is 189 Å². The molecule has 2 N–H and O–H groups in total. The number of methoxy groups -OCH3 is 3. The van der Waals surface area contributed by atoms with Gasteiger partial charge >= 0.3 is 12.1 Å². The highest BCUT2D eigenvalue weighted by atomic mass is 16.7. The number of esters is 1. The maximum atomic E-state index is 13.0. The van der Waals surface area contributed by atoms with Crippen molar-refractivity contribution < 1.29 is 42.7 Å². The first kappa shape index (κ1) is 21.0. The third-order valence-corrected chi connectivity index (χ3v) is 6.41. The average molecular weight is 457 g/mol. The van der Waals surface area contributed by atoms with E-state index in [1.807, 2.05) is 6.07 Å². The van der Waals surface area contributed by atoms with E-state index in [1.165, 1.54) is 21.3 Å². The molecule has 0 aromatic heterocycles. The summed E-state index contributed by atoms with van der Waals surface area (Å²) in [6.45, 7) is 0.166. The summed E-state index contributed by atoms with van der Waals surface area (Å²) in [6, 6.07) is 7.19. The number of benzene rings is 2. The quantitative estimate of drug-likeness (QED) is 0.674. The zero-order chi connectivity index (χ0) is 23.3. The van der Waals surface area contributed by atoms with Crippen LogP contribution in [0, 0.1) is 11.8 Å². The van der Waals surface area contributed by atoms with Gasteiger partial charge in [0, 0.05) is 17.4 Å². The lowest BCUT2D eigenvalue weighted by Gasteiger charge is -2.38. The lowest BCUT2D eigenvalue weighted by atomic mass is 9.66. The van der Waals surface area contributed by atoms with Crippen LogP contribution in [0.3, 0.4) is 0 Å². The van der Waals surface area contributed by atoms with E-state index in [-0.39, 0.29) is 19.4 Å². The molecule has 0 radical (unpaired) electrons. The first-order chi connectivity index (χ1) is 16.0. The fourth-order valence-corrected chi connectivity index (χ4v) is 5.07. The number of carbonyl (C=O) groups excluding carboxylic acids is 2. The summed E-state index contributed by atoms with van der Waals surface area (Å²) in [6.07, 6.45) is -1.71. The Morgan fingerprint density at radius 1 is 0.939 bits per heavy atom. The van der Waals surface area contributed by atoms with Crippen molar-refractivity contribution in [3.05, 3.63) is 41.0 Å². The van der Waals surface area contributed by atoms with Gasteiger partial charge < -0.3 is 38.9 Å². The molecule has 5 rings (SSSR count). The van der Waals surface area contributed by atoms with Crippen molar-refractivity contribution in [2.24, 2.45) is 17.6 Å². The first-order valence-corrected chi connectivity index (χ1v) is 10.3. The third-order valence-electron chi connectivity index (χ3n) is 6.41. The van der Waals surface area contributed by atoms with Crippen molar-refractivity contribution in [3.63, 3.8) is 0 Å².